The summed E-state index contributed by atoms with van der Waals surface area (Å²) in [6, 6.07) is 0.303. The van der Waals surface area contributed by atoms with Crippen molar-refractivity contribution >= 4 is 17.8 Å². The SMILES string of the molecule is CC(CNc1n[nH]c(N)n1)CC1CC(=O)N(C(C)C)C1. The molecule has 7 heteroatoms. The van der Waals surface area contributed by atoms with Crippen LogP contribution >= 0.6 is 0 Å². The smallest absolute Gasteiger partial charge is 0.243 e. The Morgan fingerprint density at radius 3 is 2.80 bits per heavy atom. The van der Waals surface area contributed by atoms with Crippen LogP contribution in [0.25, 0.3) is 0 Å². The molecular formula is C13H24N6O. The molecule has 4 N–H and O–H groups in total. The van der Waals surface area contributed by atoms with Crippen LogP contribution in [0.3, 0.4) is 0 Å². The Hall–Kier alpha value is -1.79. The number of nitrogens with zero attached hydrogens (tertiary/aromatic N) is 3. The number of nitrogens with one attached hydrogen (secondary N) is 2. The highest BCUT2D eigenvalue weighted by molar-refractivity contribution is 5.78. The van der Waals surface area contributed by atoms with Gasteiger partial charge < -0.3 is 16.0 Å². The molecular weight excluding hydrogens is 256 g/mol. The summed E-state index contributed by atoms with van der Waals surface area (Å²) in [4.78, 5) is 17.8. The molecule has 1 saturated heterocycles. The molecule has 2 heterocycles. The van der Waals surface area contributed by atoms with Crippen LogP contribution in [0.5, 0.6) is 0 Å². The number of carbonyl (C=O) groups is 1. The summed E-state index contributed by atoms with van der Waals surface area (Å²) in [7, 11) is 0. The van der Waals surface area contributed by atoms with Crippen LogP contribution in [-0.4, -0.2) is 45.1 Å². The zero-order valence-electron chi connectivity index (χ0n) is 12.4. The molecule has 7 nitrogen and oxygen atoms in total. The number of hydrogen-bond acceptors (Lipinski definition) is 5. The second-order valence-corrected chi connectivity index (χ2v) is 5.98. The summed E-state index contributed by atoms with van der Waals surface area (Å²) in [6.45, 7) is 7.97. The third-order valence-electron chi connectivity index (χ3n) is 3.71. The molecule has 20 heavy (non-hydrogen) atoms. The predicted octanol–water partition coefficient (Wildman–Crippen LogP) is 1.08. The van der Waals surface area contributed by atoms with Gasteiger partial charge in [0.1, 0.15) is 0 Å². The fraction of sp³-hybridized carbons (Fsp3) is 0.769. The average Bonchev–Trinajstić information content (AvgIpc) is 2.93. The number of carbonyl (C=O) groups excluding carboxylic acids is 1. The largest absolute Gasteiger partial charge is 0.368 e. The van der Waals surface area contributed by atoms with E-state index in [0.717, 1.165) is 19.5 Å². The molecule has 0 bridgehead atoms. The lowest BCUT2D eigenvalue weighted by atomic mass is 9.95. The molecule has 1 aliphatic heterocycles. The molecule has 1 aromatic heterocycles. The van der Waals surface area contributed by atoms with Gasteiger partial charge in [-0.1, -0.05) is 6.92 Å². The van der Waals surface area contributed by atoms with E-state index in [1.54, 1.807) is 0 Å². The number of hydrogen-bond donors (Lipinski definition) is 3. The fourth-order valence-electron chi connectivity index (χ4n) is 2.74. The number of nitrogens with two attached hydrogens (primary N) is 1. The number of nitrogen functional groups attached to an aromatic ring is 1. The van der Waals surface area contributed by atoms with Gasteiger partial charge in [-0.05, 0) is 32.1 Å². The van der Waals surface area contributed by atoms with Gasteiger partial charge in [-0.2, -0.15) is 4.98 Å². The number of aromatic nitrogens is 3. The Morgan fingerprint density at radius 2 is 2.25 bits per heavy atom. The molecule has 1 aromatic rings. The van der Waals surface area contributed by atoms with Crippen molar-refractivity contribution in [3.8, 4) is 0 Å². The van der Waals surface area contributed by atoms with E-state index in [2.05, 4.69) is 41.3 Å². The summed E-state index contributed by atoms with van der Waals surface area (Å²) in [6.07, 6.45) is 1.71. The van der Waals surface area contributed by atoms with Crippen molar-refractivity contribution in [1.82, 2.24) is 20.1 Å². The molecule has 112 valence electrons. The van der Waals surface area contributed by atoms with Crippen LogP contribution < -0.4 is 11.1 Å². The minimum atomic E-state index is 0.284. The molecule has 0 aliphatic carbocycles. The fourth-order valence-corrected chi connectivity index (χ4v) is 2.74. The molecule has 1 aliphatic rings. The van der Waals surface area contributed by atoms with Crippen LogP contribution in [0, 0.1) is 11.8 Å². The van der Waals surface area contributed by atoms with E-state index in [4.69, 9.17) is 5.73 Å². The van der Waals surface area contributed by atoms with Crippen molar-refractivity contribution in [2.75, 3.05) is 24.1 Å². The predicted molar refractivity (Wildman–Crippen MR) is 78.0 cm³/mol. The van der Waals surface area contributed by atoms with E-state index in [-0.39, 0.29) is 5.91 Å². The molecule has 1 fully saturated rings. The first-order valence-electron chi connectivity index (χ1n) is 7.17. The monoisotopic (exact) mass is 280 g/mol. The summed E-state index contributed by atoms with van der Waals surface area (Å²) in [5.41, 5.74) is 5.46. The first kappa shape index (κ1) is 14.6. The van der Waals surface area contributed by atoms with Crippen LogP contribution in [0.2, 0.25) is 0 Å². The number of H-pyrrole nitrogens is 1. The summed E-state index contributed by atoms with van der Waals surface area (Å²) in [5.74, 6) is 2.04. The lowest BCUT2D eigenvalue weighted by molar-refractivity contribution is -0.129. The van der Waals surface area contributed by atoms with E-state index in [1.165, 1.54) is 0 Å². The Labute approximate surface area is 119 Å². The van der Waals surface area contributed by atoms with E-state index in [0.29, 0.717) is 36.2 Å². The third kappa shape index (κ3) is 3.61. The molecule has 2 atom stereocenters. The molecule has 0 saturated carbocycles. The number of rotatable bonds is 6. The van der Waals surface area contributed by atoms with E-state index >= 15 is 0 Å². The van der Waals surface area contributed by atoms with Crippen molar-refractivity contribution in [3.63, 3.8) is 0 Å². The van der Waals surface area contributed by atoms with Crippen molar-refractivity contribution in [2.45, 2.75) is 39.7 Å². The van der Waals surface area contributed by atoms with Gasteiger partial charge in [0.05, 0.1) is 0 Å². The number of aromatic amines is 1. The van der Waals surface area contributed by atoms with Gasteiger partial charge in [0.2, 0.25) is 17.8 Å². The lowest BCUT2D eigenvalue weighted by Gasteiger charge is -2.22. The zero-order chi connectivity index (χ0) is 14.7. The first-order chi connectivity index (χ1) is 9.45. The highest BCUT2D eigenvalue weighted by Gasteiger charge is 2.31. The molecule has 2 unspecified atom stereocenters. The first-order valence-corrected chi connectivity index (χ1v) is 7.17. The second-order valence-electron chi connectivity index (χ2n) is 5.98. The average molecular weight is 280 g/mol. The molecule has 1 amide bonds. The number of anilines is 2. The number of amides is 1. The quantitative estimate of drug-likeness (QED) is 0.724. The Balaban J connectivity index is 1.75. The summed E-state index contributed by atoms with van der Waals surface area (Å²) in [5, 5.41) is 9.68. The lowest BCUT2D eigenvalue weighted by Crippen LogP contribution is -2.32. The topological polar surface area (TPSA) is 99.9 Å². The van der Waals surface area contributed by atoms with Gasteiger partial charge >= 0.3 is 0 Å². The maximum Gasteiger partial charge on any atom is 0.243 e. The van der Waals surface area contributed by atoms with Crippen LogP contribution in [0.1, 0.15) is 33.6 Å². The standard InChI is InChI=1S/C13H24N6O/c1-8(2)19-7-10(5-11(19)20)4-9(3)6-15-13-16-12(14)17-18-13/h8-10H,4-7H2,1-3H3,(H4,14,15,16,17,18). The number of likely N-dealkylation sites (tertiary alicyclic amines) is 1. The van der Waals surface area contributed by atoms with Gasteiger partial charge in [0.15, 0.2) is 0 Å². The normalized spacial score (nSPS) is 20.7. The minimum Gasteiger partial charge on any atom is -0.368 e. The maximum absolute atomic E-state index is 11.9. The van der Waals surface area contributed by atoms with Gasteiger partial charge in [0, 0.05) is 25.6 Å². The van der Waals surface area contributed by atoms with E-state index < -0.39 is 0 Å². The Bertz CT molecular complexity index is 457. The van der Waals surface area contributed by atoms with Crippen molar-refractivity contribution in [2.24, 2.45) is 11.8 Å². The van der Waals surface area contributed by atoms with E-state index in [9.17, 15) is 4.79 Å². The zero-order valence-corrected chi connectivity index (χ0v) is 12.4. The minimum absolute atomic E-state index is 0.284. The third-order valence-corrected chi connectivity index (χ3v) is 3.71. The summed E-state index contributed by atoms with van der Waals surface area (Å²) >= 11 is 0. The van der Waals surface area contributed by atoms with Gasteiger partial charge in [-0.25, -0.2) is 5.10 Å². The Morgan fingerprint density at radius 1 is 1.50 bits per heavy atom. The van der Waals surface area contributed by atoms with Gasteiger partial charge in [0.25, 0.3) is 0 Å². The molecule has 0 radical (unpaired) electrons. The maximum atomic E-state index is 11.9. The van der Waals surface area contributed by atoms with Crippen LogP contribution in [0.4, 0.5) is 11.9 Å². The van der Waals surface area contributed by atoms with Crippen molar-refractivity contribution in [1.29, 1.82) is 0 Å². The van der Waals surface area contributed by atoms with Crippen molar-refractivity contribution < 1.29 is 4.79 Å². The highest BCUT2D eigenvalue weighted by atomic mass is 16.2. The second kappa shape index (κ2) is 6.11. The van der Waals surface area contributed by atoms with Crippen LogP contribution in [-0.2, 0) is 4.79 Å². The molecule has 0 aromatic carbocycles. The summed E-state index contributed by atoms with van der Waals surface area (Å²) < 4.78 is 0. The molecule has 0 spiro atoms. The Kier molecular flexibility index (Phi) is 4.46. The van der Waals surface area contributed by atoms with Gasteiger partial charge in [-0.3, -0.25) is 4.79 Å². The van der Waals surface area contributed by atoms with Crippen molar-refractivity contribution in [3.05, 3.63) is 0 Å². The van der Waals surface area contributed by atoms with Crippen LogP contribution in [0.15, 0.2) is 0 Å². The highest BCUT2D eigenvalue weighted by Crippen LogP contribution is 2.26. The molecule has 2 rings (SSSR count). The van der Waals surface area contributed by atoms with E-state index in [1.807, 2.05) is 4.90 Å². The van der Waals surface area contributed by atoms with Gasteiger partial charge in [-0.15, -0.1) is 5.10 Å².